The minimum atomic E-state index is -0.421. The predicted octanol–water partition coefficient (Wildman–Crippen LogP) is 3.77. The van der Waals surface area contributed by atoms with E-state index in [1.54, 1.807) is 12.1 Å². The average Bonchev–Trinajstić information content (AvgIpc) is 2.44. The van der Waals surface area contributed by atoms with Crippen LogP contribution in [0.5, 0.6) is 5.75 Å². The van der Waals surface area contributed by atoms with E-state index in [1.807, 2.05) is 52.9 Å². The lowest BCUT2D eigenvalue weighted by Crippen LogP contribution is -1.99. The highest BCUT2D eigenvalue weighted by atomic mass is 127. The Morgan fingerprint density at radius 2 is 1.79 bits per heavy atom. The van der Waals surface area contributed by atoms with Crippen molar-refractivity contribution in [3.05, 3.63) is 62.5 Å². The third-order valence-corrected chi connectivity index (χ3v) is 3.96. The minimum Gasteiger partial charge on any atom is -0.507 e. The number of fused-ring (bicyclic) bond motifs is 1. The summed E-state index contributed by atoms with van der Waals surface area (Å²) in [5.74, 6) is 0.112. The molecule has 1 N–H and O–H groups in total. The van der Waals surface area contributed by atoms with Gasteiger partial charge in [0.25, 0.3) is 0 Å². The fourth-order valence-corrected chi connectivity index (χ4v) is 2.62. The molecule has 0 radical (unpaired) electrons. The van der Waals surface area contributed by atoms with Crippen molar-refractivity contribution in [3.63, 3.8) is 0 Å². The first-order valence-corrected chi connectivity index (χ1v) is 6.75. The van der Waals surface area contributed by atoms with Gasteiger partial charge in [0.15, 0.2) is 5.58 Å². The normalized spacial score (nSPS) is 10.8. The summed E-state index contributed by atoms with van der Waals surface area (Å²) < 4.78 is 5.76. The lowest BCUT2D eigenvalue weighted by Gasteiger charge is -2.07. The van der Waals surface area contributed by atoms with Crippen molar-refractivity contribution < 1.29 is 9.52 Å². The number of phenolic OH excluding ortho intramolecular Hbond substituents is 1. The van der Waals surface area contributed by atoms with Crippen LogP contribution in [0.3, 0.4) is 0 Å². The van der Waals surface area contributed by atoms with Crippen molar-refractivity contribution in [1.29, 1.82) is 0 Å². The van der Waals surface area contributed by atoms with Crippen molar-refractivity contribution in [2.75, 3.05) is 0 Å². The first-order chi connectivity index (χ1) is 9.16. The number of halogens is 1. The maximum Gasteiger partial charge on any atom is 0.336 e. The molecule has 3 nitrogen and oxygen atoms in total. The highest BCUT2D eigenvalue weighted by Gasteiger charge is 2.12. The first-order valence-electron chi connectivity index (χ1n) is 5.67. The van der Waals surface area contributed by atoms with Crippen LogP contribution < -0.4 is 5.63 Å². The minimum absolute atomic E-state index is 0.112. The Bertz CT molecular complexity index is 807. The molecule has 3 rings (SSSR count). The van der Waals surface area contributed by atoms with Crippen molar-refractivity contribution in [2.24, 2.45) is 0 Å². The molecular formula is C15H9IO3. The molecule has 0 aliphatic heterocycles. The zero-order valence-electron chi connectivity index (χ0n) is 9.76. The fraction of sp³-hybridized carbons (Fsp3) is 0. The van der Waals surface area contributed by atoms with E-state index in [0.717, 1.165) is 16.5 Å². The number of phenols is 1. The van der Waals surface area contributed by atoms with Crippen LogP contribution in [-0.4, -0.2) is 5.11 Å². The van der Waals surface area contributed by atoms with Crippen LogP contribution >= 0.6 is 22.6 Å². The van der Waals surface area contributed by atoms with E-state index in [4.69, 9.17) is 4.42 Å². The molecule has 0 fully saturated rings. The molecule has 4 heteroatoms. The summed E-state index contributed by atoms with van der Waals surface area (Å²) in [5, 5.41) is 10.5. The van der Waals surface area contributed by atoms with Crippen molar-refractivity contribution in [3.8, 4) is 16.9 Å². The van der Waals surface area contributed by atoms with Crippen LogP contribution in [0.15, 0.2) is 57.7 Å². The molecule has 0 aliphatic rings. The van der Waals surface area contributed by atoms with E-state index in [-0.39, 0.29) is 5.75 Å². The van der Waals surface area contributed by atoms with Gasteiger partial charge in [-0.1, -0.05) is 30.3 Å². The summed E-state index contributed by atoms with van der Waals surface area (Å²) in [6.07, 6.45) is 0. The van der Waals surface area contributed by atoms with Gasteiger partial charge in [-0.05, 0) is 45.9 Å². The predicted molar refractivity (Wildman–Crippen MR) is 82.3 cm³/mol. The molecule has 0 saturated heterocycles. The second-order valence-corrected chi connectivity index (χ2v) is 5.20. The third kappa shape index (κ3) is 2.12. The van der Waals surface area contributed by atoms with Gasteiger partial charge in [0.2, 0.25) is 0 Å². The van der Waals surface area contributed by atoms with Crippen LogP contribution in [0.1, 0.15) is 0 Å². The Morgan fingerprint density at radius 1 is 1.05 bits per heavy atom. The molecule has 0 amide bonds. The Morgan fingerprint density at radius 3 is 2.53 bits per heavy atom. The van der Waals surface area contributed by atoms with Gasteiger partial charge in [0, 0.05) is 11.5 Å². The second kappa shape index (κ2) is 4.70. The zero-order valence-corrected chi connectivity index (χ0v) is 11.9. The molecule has 0 saturated carbocycles. The SMILES string of the molecule is O=c1cc(-c2ccccc2)c2ccc(O)c(I)c2o1. The zero-order chi connectivity index (χ0) is 13.4. The highest BCUT2D eigenvalue weighted by molar-refractivity contribution is 14.1. The standard InChI is InChI=1S/C15H9IO3/c16-14-12(17)7-6-10-11(8-13(18)19-15(10)14)9-4-2-1-3-5-9/h1-8,17H. The quantitative estimate of drug-likeness (QED) is 0.528. The number of hydrogen-bond donors (Lipinski definition) is 1. The van der Waals surface area contributed by atoms with Gasteiger partial charge in [-0.3, -0.25) is 0 Å². The van der Waals surface area contributed by atoms with E-state index in [1.165, 1.54) is 6.07 Å². The lowest BCUT2D eigenvalue weighted by molar-refractivity contribution is 0.469. The summed E-state index contributed by atoms with van der Waals surface area (Å²) in [4.78, 5) is 11.7. The van der Waals surface area contributed by atoms with Crippen LogP contribution in [0, 0.1) is 3.57 Å². The molecule has 0 bridgehead atoms. The molecule has 1 heterocycles. The molecule has 0 atom stereocenters. The van der Waals surface area contributed by atoms with Crippen LogP contribution in [0.4, 0.5) is 0 Å². The summed E-state index contributed by atoms with van der Waals surface area (Å²) in [5.41, 5.74) is 1.76. The van der Waals surface area contributed by atoms with E-state index < -0.39 is 5.63 Å². The van der Waals surface area contributed by atoms with Gasteiger partial charge in [-0.2, -0.15) is 0 Å². The maximum atomic E-state index is 11.7. The summed E-state index contributed by atoms with van der Waals surface area (Å²) in [7, 11) is 0. The van der Waals surface area contributed by atoms with Crippen molar-refractivity contribution >= 4 is 33.6 Å². The molecule has 2 aromatic carbocycles. The van der Waals surface area contributed by atoms with Gasteiger partial charge in [0.1, 0.15) is 5.75 Å². The van der Waals surface area contributed by atoms with Gasteiger partial charge in [-0.15, -0.1) is 0 Å². The van der Waals surface area contributed by atoms with Crippen molar-refractivity contribution in [2.45, 2.75) is 0 Å². The van der Waals surface area contributed by atoms with Gasteiger partial charge in [0.05, 0.1) is 3.57 Å². The summed E-state index contributed by atoms with van der Waals surface area (Å²) in [6.45, 7) is 0. The Hall–Kier alpha value is -1.82. The highest BCUT2D eigenvalue weighted by Crippen LogP contribution is 2.33. The Balaban J connectivity index is 2.44. The molecular weight excluding hydrogens is 355 g/mol. The van der Waals surface area contributed by atoms with E-state index >= 15 is 0 Å². The van der Waals surface area contributed by atoms with Gasteiger partial charge < -0.3 is 9.52 Å². The van der Waals surface area contributed by atoms with E-state index in [0.29, 0.717) is 9.15 Å². The largest absolute Gasteiger partial charge is 0.507 e. The number of benzene rings is 2. The number of rotatable bonds is 1. The van der Waals surface area contributed by atoms with E-state index in [2.05, 4.69) is 0 Å². The molecule has 0 unspecified atom stereocenters. The van der Waals surface area contributed by atoms with Gasteiger partial charge >= 0.3 is 5.63 Å². The maximum absolute atomic E-state index is 11.7. The fourth-order valence-electron chi connectivity index (χ4n) is 2.04. The molecule has 0 spiro atoms. The van der Waals surface area contributed by atoms with Gasteiger partial charge in [-0.25, -0.2) is 4.79 Å². The number of hydrogen-bond acceptors (Lipinski definition) is 3. The van der Waals surface area contributed by atoms with Crippen LogP contribution in [-0.2, 0) is 0 Å². The molecule has 0 aliphatic carbocycles. The monoisotopic (exact) mass is 364 g/mol. The second-order valence-electron chi connectivity index (χ2n) is 4.12. The topological polar surface area (TPSA) is 50.4 Å². The third-order valence-electron chi connectivity index (χ3n) is 2.92. The van der Waals surface area contributed by atoms with Crippen molar-refractivity contribution in [1.82, 2.24) is 0 Å². The summed E-state index contributed by atoms with van der Waals surface area (Å²) in [6, 6.07) is 14.5. The number of aromatic hydroxyl groups is 1. The average molecular weight is 364 g/mol. The Labute approximate surface area is 122 Å². The molecule has 94 valence electrons. The smallest absolute Gasteiger partial charge is 0.336 e. The van der Waals surface area contributed by atoms with Crippen LogP contribution in [0.2, 0.25) is 0 Å². The molecule has 3 aromatic rings. The molecule has 1 aromatic heterocycles. The van der Waals surface area contributed by atoms with Crippen LogP contribution in [0.25, 0.3) is 22.1 Å². The Kier molecular flexibility index (Phi) is 3.02. The van der Waals surface area contributed by atoms with E-state index in [9.17, 15) is 9.90 Å². The first kappa shape index (κ1) is 12.2. The molecule has 19 heavy (non-hydrogen) atoms. The lowest BCUT2D eigenvalue weighted by atomic mass is 10.0. The summed E-state index contributed by atoms with van der Waals surface area (Å²) >= 11 is 1.97.